The van der Waals surface area contributed by atoms with Crippen LogP contribution in [0.5, 0.6) is 0 Å². The van der Waals surface area contributed by atoms with Crippen LogP contribution in [0.4, 0.5) is 0 Å². The van der Waals surface area contributed by atoms with E-state index in [2.05, 4.69) is 19.9 Å². The van der Waals surface area contributed by atoms with Crippen LogP contribution in [0.15, 0.2) is 11.6 Å². The molecular formula is C9H15. The van der Waals surface area contributed by atoms with Gasteiger partial charge in [-0.05, 0) is 26.7 Å². The molecule has 0 amide bonds. The van der Waals surface area contributed by atoms with Gasteiger partial charge in [0, 0.05) is 5.92 Å². The van der Waals surface area contributed by atoms with Gasteiger partial charge < -0.3 is 0 Å². The molecule has 1 aliphatic carbocycles. The maximum absolute atomic E-state index is 2.22. The molecule has 1 fully saturated rings. The van der Waals surface area contributed by atoms with Crippen LogP contribution < -0.4 is 0 Å². The van der Waals surface area contributed by atoms with Crippen LogP contribution in [0.25, 0.3) is 0 Å². The van der Waals surface area contributed by atoms with E-state index in [4.69, 9.17) is 0 Å². The molecule has 0 atom stereocenters. The Balaban J connectivity index is 2.42. The van der Waals surface area contributed by atoms with Gasteiger partial charge in [-0.2, -0.15) is 0 Å². The number of hydrogen-bond donors (Lipinski definition) is 0. The van der Waals surface area contributed by atoms with Crippen molar-refractivity contribution in [2.75, 3.05) is 0 Å². The van der Waals surface area contributed by atoms with Crippen molar-refractivity contribution in [3.05, 3.63) is 17.6 Å². The summed E-state index contributed by atoms with van der Waals surface area (Å²) in [6, 6.07) is 0. The summed E-state index contributed by atoms with van der Waals surface area (Å²) in [6.07, 6.45) is 7.77. The van der Waals surface area contributed by atoms with Gasteiger partial charge in [0.15, 0.2) is 0 Å². The average molecular weight is 123 g/mol. The van der Waals surface area contributed by atoms with Gasteiger partial charge in [-0.15, -0.1) is 0 Å². The molecule has 0 aromatic heterocycles. The molecule has 9 heavy (non-hydrogen) atoms. The third kappa shape index (κ3) is 1.57. The van der Waals surface area contributed by atoms with Gasteiger partial charge in [0.25, 0.3) is 0 Å². The molecule has 0 nitrogen and oxygen atoms in total. The molecule has 51 valence electrons. The number of allylic oxidation sites excluding steroid dienone is 2. The first-order valence-electron chi connectivity index (χ1n) is 3.82. The Morgan fingerprint density at radius 3 is 2.33 bits per heavy atom. The van der Waals surface area contributed by atoms with Crippen molar-refractivity contribution in [1.29, 1.82) is 0 Å². The molecule has 0 heterocycles. The zero-order chi connectivity index (χ0) is 6.69. The lowest BCUT2D eigenvalue weighted by molar-refractivity contribution is 0.886. The standard InChI is InChI=1S/C9H15/c1-3-8(2)9-6-4-5-7-9/h3H,4-7H2,1-2H3/b8-3+. The number of hydrogen-bond acceptors (Lipinski definition) is 0. The SMILES string of the molecule is C/C=C(\C)[C]1CCCC1. The minimum atomic E-state index is 1.36. The maximum Gasteiger partial charge on any atom is 0.000248 e. The zero-order valence-corrected chi connectivity index (χ0v) is 6.41. The minimum Gasteiger partial charge on any atom is -0.0881 e. The van der Waals surface area contributed by atoms with Gasteiger partial charge in [-0.3, -0.25) is 0 Å². The van der Waals surface area contributed by atoms with E-state index in [1.54, 1.807) is 5.92 Å². The lowest BCUT2D eigenvalue weighted by atomic mass is 9.99. The highest BCUT2D eigenvalue weighted by Gasteiger charge is 2.15. The monoisotopic (exact) mass is 123 g/mol. The summed E-state index contributed by atoms with van der Waals surface area (Å²) in [7, 11) is 0. The van der Waals surface area contributed by atoms with Crippen molar-refractivity contribution in [3.63, 3.8) is 0 Å². The lowest BCUT2D eigenvalue weighted by Crippen LogP contribution is -1.89. The number of rotatable bonds is 1. The first kappa shape index (κ1) is 6.85. The van der Waals surface area contributed by atoms with Crippen LogP contribution in [-0.4, -0.2) is 0 Å². The van der Waals surface area contributed by atoms with Crippen LogP contribution >= 0.6 is 0 Å². The van der Waals surface area contributed by atoms with Crippen molar-refractivity contribution in [2.24, 2.45) is 0 Å². The van der Waals surface area contributed by atoms with Gasteiger partial charge in [0.2, 0.25) is 0 Å². The Hall–Kier alpha value is -0.260. The van der Waals surface area contributed by atoms with Crippen LogP contribution in [0.3, 0.4) is 0 Å². The minimum absolute atomic E-state index is 1.36. The van der Waals surface area contributed by atoms with Crippen LogP contribution in [0, 0.1) is 5.92 Å². The predicted molar refractivity (Wildman–Crippen MR) is 41.1 cm³/mol. The Morgan fingerprint density at radius 1 is 1.33 bits per heavy atom. The fraction of sp³-hybridized carbons (Fsp3) is 0.667. The molecule has 1 aliphatic rings. The van der Waals surface area contributed by atoms with Crippen LogP contribution in [0.1, 0.15) is 39.5 Å². The van der Waals surface area contributed by atoms with Crippen molar-refractivity contribution >= 4 is 0 Å². The molecule has 0 N–H and O–H groups in total. The second-order valence-corrected chi connectivity index (χ2v) is 2.78. The normalized spacial score (nSPS) is 23.1. The summed E-state index contributed by atoms with van der Waals surface area (Å²) >= 11 is 0. The molecule has 1 rings (SSSR count). The Morgan fingerprint density at radius 2 is 1.89 bits per heavy atom. The van der Waals surface area contributed by atoms with Crippen molar-refractivity contribution in [1.82, 2.24) is 0 Å². The molecule has 0 heteroatoms. The third-order valence-corrected chi connectivity index (χ3v) is 2.20. The highest BCUT2D eigenvalue weighted by molar-refractivity contribution is 5.22. The molecule has 0 aliphatic heterocycles. The average Bonchev–Trinajstić information content (AvgIpc) is 2.37. The van der Waals surface area contributed by atoms with Crippen LogP contribution in [-0.2, 0) is 0 Å². The third-order valence-electron chi connectivity index (χ3n) is 2.20. The fourth-order valence-electron chi connectivity index (χ4n) is 1.40. The zero-order valence-electron chi connectivity index (χ0n) is 6.41. The summed E-state index contributed by atoms with van der Waals surface area (Å²) in [5.74, 6) is 1.69. The smallest absolute Gasteiger partial charge is 0.000248 e. The molecule has 0 aromatic rings. The van der Waals surface area contributed by atoms with Crippen molar-refractivity contribution in [2.45, 2.75) is 39.5 Å². The van der Waals surface area contributed by atoms with Gasteiger partial charge in [0.05, 0.1) is 0 Å². The van der Waals surface area contributed by atoms with Gasteiger partial charge >= 0.3 is 0 Å². The first-order chi connectivity index (χ1) is 4.34. The topological polar surface area (TPSA) is 0 Å². The summed E-state index contributed by atoms with van der Waals surface area (Å²) in [5.41, 5.74) is 1.52. The van der Waals surface area contributed by atoms with E-state index in [9.17, 15) is 0 Å². The predicted octanol–water partition coefficient (Wildman–Crippen LogP) is 3.10. The summed E-state index contributed by atoms with van der Waals surface area (Å²) in [5, 5.41) is 0. The van der Waals surface area contributed by atoms with E-state index in [0.29, 0.717) is 0 Å². The molecule has 0 aromatic carbocycles. The molecule has 0 bridgehead atoms. The lowest BCUT2D eigenvalue weighted by Gasteiger charge is -2.06. The molecular weight excluding hydrogens is 108 g/mol. The highest BCUT2D eigenvalue weighted by atomic mass is 14.2. The molecule has 1 saturated carbocycles. The van der Waals surface area contributed by atoms with Gasteiger partial charge in [-0.25, -0.2) is 0 Å². The Bertz CT molecular complexity index is 105. The second-order valence-electron chi connectivity index (χ2n) is 2.78. The maximum atomic E-state index is 2.22. The van der Waals surface area contributed by atoms with Crippen LogP contribution in [0.2, 0.25) is 0 Å². The Kier molecular flexibility index (Phi) is 2.32. The van der Waals surface area contributed by atoms with E-state index in [1.165, 1.54) is 31.3 Å². The first-order valence-corrected chi connectivity index (χ1v) is 3.82. The summed E-state index contributed by atoms with van der Waals surface area (Å²) < 4.78 is 0. The van der Waals surface area contributed by atoms with E-state index >= 15 is 0 Å². The van der Waals surface area contributed by atoms with Gasteiger partial charge in [-0.1, -0.05) is 24.5 Å². The summed E-state index contributed by atoms with van der Waals surface area (Å²) in [4.78, 5) is 0. The van der Waals surface area contributed by atoms with Crippen molar-refractivity contribution in [3.8, 4) is 0 Å². The van der Waals surface area contributed by atoms with Crippen molar-refractivity contribution < 1.29 is 0 Å². The molecule has 0 spiro atoms. The largest absolute Gasteiger partial charge is 0.0881 e. The fourth-order valence-corrected chi connectivity index (χ4v) is 1.40. The van der Waals surface area contributed by atoms with E-state index in [-0.39, 0.29) is 0 Å². The second kappa shape index (κ2) is 3.05. The quantitative estimate of drug-likeness (QED) is 0.502. The van der Waals surface area contributed by atoms with E-state index in [1.807, 2.05) is 0 Å². The molecule has 0 unspecified atom stereocenters. The van der Waals surface area contributed by atoms with E-state index in [0.717, 1.165) is 0 Å². The molecule has 1 radical (unpaired) electrons. The highest BCUT2D eigenvalue weighted by Crippen LogP contribution is 2.32. The van der Waals surface area contributed by atoms with E-state index < -0.39 is 0 Å². The summed E-state index contributed by atoms with van der Waals surface area (Å²) in [6.45, 7) is 4.35. The molecule has 0 saturated heterocycles. The Labute approximate surface area is 58.0 Å². The van der Waals surface area contributed by atoms with Gasteiger partial charge in [0.1, 0.15) is 0 Å².